The fourth-order valence-electron chi connectivity index (χ4n) is 2.80. The summed E-state index contributed by atoms with van der Waals surface area (Å²) in [5.74, 6) is 0.760. The number of pyridine rings is 1. The molecule has 0 bridgehead atoms. The van der Waals surface area contributed by atoms with Crippen molar-refractivity contribution in [1.82, 2.24) is 5.43 Å². The van der Waals surface area contributed by atoms with Gasteiger partial charge in [0.1, 0.15) is 5.56 Å². The van der Waals surface area contributed by atoms with E-state index in [4.69, 9.17) is 9.47 Å². The van der Waals surface area contributed by atoms with Crippen LogP contribution in [0.1, 0.15) is 26.3 Å². The largest absolute Gasteiger partial charge is 0.493 e. The number of nitrogens with one attached hydrogen (secondary N) is 1. The zero-order valence-corrected chi connectivity index (χ0v) is 16.7. The molecule has 7 nitrogen and oxygen atoms in total. The molecule has 1 heterocycles. The van der Waals surface area contributed by atoms with Crippen molar-refractivity contribution in [2.24, 2.45) is 5.10 Å². The van der Waals surface area contributed by atoms with Gasteiger partial charge in [-0.2, -0.15) is 9.67 Å². The van der Waals surface area contributed by atoms with E-state index in [-0.39, 0.29) is 18.2 Å². The number of carbonyl (C=O) groups is 2. The quantitative estimate of drug-likeness (QED) is 0.271. The van der Waals surface area contributed by atoms with Gasteiger partial charge in [0, 0.05) is 11.6 Å². The van der Waals surface area contributed by atoms with Crippen LogP contribution in [-0.2, 0) is 6.54 Å². The Morgan fingerprint density at radius 1 is 0.967 bits per heavy atom. The maximum absolute atomic E-state index is 12.4. The molecule has 3 aromatic rings. The fourth-order valence-corrected chi connectivity index (χ4v) is 2.80. The molecule has 0 aliphatic heterocycles. The number of methoxy groups -OCH3 is 2. The van der Waals surface area contributed by atoms with Crippen molar-refractivity contribution >= 4 is 17.9 Å². The molecule has 152 valence electrons. The molecule has 1 aromatic heterocycles. The van der Waals surface area contributed by atoms with E-state index in [0.717, 1.165) is 5.56 Å². The molecule has 1 amide bonds. The standard InChI is InChI=1S/C23H21N3O4/c1-29-21-11-10-17(13-22(21)30-2)14-24-25-23(28)19-9-6-12-26(15-19)16-20(27)18-7-4-3-5-8-18/h3-15H,16H2,1-2H3/p+1. The summed E-state index contributed by atoms with van der Waals surface area (Å²) in [5.41, 5.74) is 4.24. The molecule has 2 aromatic carbocycles. The molecule has 0 atom stereocenters. The highest BCUT2D eigenvalue weighted by molar-refractivity contribution is 5.95. The van der Waals surface area contributed by atoms with Crippen molar-refractivity contribution in [3.8, 4) is 11.5 Å². The van der Waals surface area contributed by atoms with E-state index in [1.807, 2.05) is 18.2 Å². The van der Waals surface area contributed by atoms with Gasteiger partial charge < -0.3 is 9.47 Å². The number of hydrogen-bond donors (Lipinski definition) is 1. The van der Waals surface area contributed by atoms with Gasteiger partial charge in [-0.25, -0.2) is 5.43 Å². The molecule has 0 fully saturated rings. The third-order valence-corrected chi connectivity index (χ3v) is 4.33. The van der Waals surface area contributed by atoms with Crippen molar-refractivity contribution in [3.63, 3.8) is 0 Å². The number of rotatable bonds is 8. The van der Waals surface area contributed by atoms with Crippen LogP contribution in [0.3, 0.4) is 0 Å². The summed E-state index contributed by atoms with van der Waals surface area (Å²) in [6.45, 7) is 0.139. The molecule has 0 aliphatic rings. The summed E-state index contributed by atoms with van der Waals surface area (Å²) in [6, 6.07) is 17.7. The van der Waals surface area contributed by atoms with Gasteiger partial charge in [-0.3, -0.25) is 9.59 Å². The van der Waals surface area contributed by atoms with Crippen LogP contribution >= 0.6 is 0 Å². The molecule has 30 heavy (non-hydrogen) atoms. The topological polar surface area (TPSA) is 80.9 Å². The summed E-state index contributed by atoms with van der Waals surface area (Å²) >= 11 is 0. The minimum Gasteiger partial charge on any atom is -0.493 e. The lowest BCUT2D eigenvalue weighted by Crippen LogP contribution is -2.38. The maximum Gasteiger partial charge on any atom is 0.277 e. The van der Waals surface area contributed by atoms with Gasteiger partial charge in [0.25, 0.3) is 5.91 Å². The van der Waals surface area contributed by atoms with E-state index < -0.39 is 0 Å². The molecule has 3 rings (SSSR count). The van der Waals surface area contributed by atoms with Crippen LogP contribution in [0.5, 0.6) is 11.5 Å². The van der Waals surface area contributed by atoms with Gasteiger partial charge in [-0.05, 0) is 29.8 Å². The van der Waals surface area contributed by atoms with Crippen LogP contribution in [0.4, 0.5) is 0 Å². The number of carbonyl (C=O) groups excluding carboxylic acids is 2. The monoisotopic (exact) mass is 404 g/mol. The molecule has 0 saturated carbocycles. The molecule has 0 spiro atoms. The van der Waals surface area contributed by atoms with Crippen LogP contribution in [-0.4, -0.2) is 32.1 Å². The summed E-state index contributed by atoms with van der Waals surface area (Å²) in [6.07, 6.45) is 4.86. The molecular formula is C23H22N3O4+. The number of aromatic nitrogens is 1. The van der Waals surface area contributed by atoms with E-state index in [9.17, 15) is 9.59 Å². The Bertz CT molecular complexity index is 1070. The summed E-state index contributed by atoms with van der Waals surface area (Å²) in [4.78, 5) is 24.8. The second-order valence-corrected chi connectivity index (χ2v) is 6.37. The summed E-state index contributed by atoms with van der Waals surface area (Å²) < 4.78 is 12.1. The Morgan fingerprint density at radius 2 is 1.70 bits per heavy atom. The predicted molar refractivity (Wildman–Crippen MR) is 112 cm³/mol. The second-order valence-electron chi connectivity index (χ2n) is 6.37. The van der Waals surface area contributed by atoms with Crippen LogP contribution in [0, 0.1) is 0 Å². The minimum atomic E-state index is -0.381. The predicted octanol–water partition coefficient (Wildman–Crippen LogP) is 2.64. The maximum atomic E-state index is 12.4. The van der Waals surface area contributed by atoms with E-state index in [2.05, 4.69) is 10.5 Å². The first-order valence-corrected chi connectivity index (χ1v) is 9.23. The Labute approximate surface area is 174 Å². The molecule has 7 heteroatoms. The van der Waals surface area contributed by atoms with Crippen molar-refractivity contribution in [1.29, 1.82) is 0 Å². The van der Waals surface area contributed by atoms with Crippen molar-refractivity contribution in [3.05, 3.63) is 89.7 Å². The average molecular weight is 404 g/mol. The van der Waals surface area contributed by atoms with Crippen LogP contribution in [0.2, 0.25) is 0 Å². The first-order chi connectivity index (χ1) is 14.6. The third kappa shape index (κ3) is 5.29. The Morgan fingerprint density at radius 3 is 2.43 bits per heavy atom. The smallest absolute Gasteiger partial charge is 0.277 e. The zero-order chi connectivity index (χ0) is 21.3. The Balaban J connectivity index is 1.64. The Hall–Kier alpha value is -4.00. The highest BCUT2D eigenvalue weighted by Gasteiger charge is 2.14. The molecule has 1 N–H and O–H groups in total. The first kappa shape index (κ1) is 20.7. The van der Waals surface area contributed by atoms with Gasteiger partial charge in [0.2, 0.25) is 12.3 Å². The van der Waals surface area contributed by atoms with Crippen molar-refractivity contribution < 1.29 is 23.6 Å². The highest BCUT2D eigenvalue weighted by Crippen LogP contribution is 2.26. The number of ketones is 1. The summed E-state index contributed by atoms with van der Waals surface area (Å²) in [5, 5.41) is 3.99. The lowest BCUT2D eigenvalue weighted by Gasteiger charge is -2.07. The molecule has 0 aliphatic carbocycles. The van der Waals surface area contributed by atoms with Gasteiger partial charge in [-0.1, -0.05) is 30.3 Å². The lowest BCUT2D eigenvalue weighted by molar-refractivity contribution is -0.683. The normalized spacial score (nSPS) is 10.6. The van der Waals surface area contributed by atoms with Gasteiger partial charge in [0.05, 0.1) is 20.4 Å². The van der Waals surface area contributed by atoms with Crippen LogP contribution < -0.4 is 19.5 Å². The number of ether oxygens (including phenoxy) is 2. The average Bonchev–Trinajstić information content (AvgIpc) is 2.79. The molecule has 0 radical (unpaired) electrons. The SMILES string of the molecule is COc1ccc(C=NNC(=O)c2ccc[n+](CC(=O)c3ccccc3)c2)cc1OC. The van der Waals surface area contributed by atoms with E-state index in [1.54, 1.807) is 73.6 Å². The van der Waals surface area contributed by atoms with Gasteiger partial charge >= 0.3 is 0 Å². The number of hydrazone groups is 1. The van der Waals surface area contributed by atoms with Crippen molar-refractivity contribution in [2.45, 2.75) is 6.54 Å². The number of nitrogens with zero attached hydrogens (tertiary/aromatic N) is 2. The van der Waals surface area contributed by atoms with Gasteiger partial charge in [-0.15, -0.1) is 0 Å². The molecular weight excluding hydrogens is 382 g/mol. The number of hydrogen-bond acceptors (Lipinski definition) is 5. The van der Waals surface area contributed by atoms with E-state index >= 15 is 0 Å². The van der Waals surface area contributed by atoms with E-state index in [1.165, 1.54) is 6.21 Å². The lowest BCUT2D eigenvalue weighted by atomic mass is 10.1. The fraction of sp³-hybridized carbons (Fsp3) is 0.130. The zero-order valence-electron chi connectivity index (χ0n) is 16.7. The summed E-state index contributed by atoms with van der Waals surface area (Å²) in [7, 11) is 3.11. The number of benzene rings is 2. The van der Waals surface area contributed by atoms with Crippen molar-refractivity contribution in [2.75, 3.05) is 14.2 Å². The third-order valence-electron chi connectivity index (χ3n) is 4.33. The minimum absolute atomic E-state index is 0.0374. The number of amides is 1. The van der Waals surface area contributed by atoms with Gasteiger partial charge in [0.15, 0.2) is 23.9 Å². The van der Waals surface area contributed by atoms with Crippen LogP contribution in [0.25, 0.3) is 0 Å². The first-order valence-electron chi connectivity index (χ1n) is 9.23. The van der Waals surface area contributed by atoms with Crippen LogP contribution in [0.15, 0.2) is 78.2 Å². The highest BCUT2D eigenvalue weighted by atomic mass is 16.5. The Kier molecular flexibility index (Phi) is 6.89. The molecule has 0 unspecified atom stereocenters. The molecule has 0 saturated heterocycles. The van der Waals surface area contributed by atoms with E-state index in [0.29, 0.717) is 22.6 Å². The number of Topliss-reactive ketones (excluding diaryl/α,β-unsaturated/α-hetero) is 1. The second kappa shape index (κ2) is 9.97.